The van der Waals surface area contributed by atoms with E-state index in [9.17, 15) is 13.5 Å². The minimum atomic E-state index is -3.56. The van der Waals surface area contributed by atoms with Crippen LogP contribution in [-0.4, -0.2) is 32.8 Å². The van der Waals surface area contributed by atoms with E-state index in [1.54, 1.807) is 19.1 Å². The predicted molar refractivity (Wildman–Crippen MR) is 71.2 cm³/mol. The molecule has 1 saturated heterocycles. The van der Waals surface area contributed by atoms with E-state index in [1.165, 1.54) is 12.1 Å². The van der Waals surface area contributed by atoms with Crippen LogP contribution in [0.2, 0.25) is 0 Å². The number of ether oxygens (including phenoxy) is 1. The van der Waals surface area contributed by atoms with Crippen LogP contribution in [0.1, 0.15) is 31.4 Å². The zero-order valence-electron chi connectivity index (χ0n) is 10.9. The van der Waals surface area contributed by atoms with Gasteiger partial charge in [-0.05, 0) is 37.5 Å². The highest BCUT2D eigenvalue weighted by atomic mass is 32.2. The smallest absolute Gasteiger partial charge is 0.240 e. The lowest BCUT2D eigenvalue weighted by molar-refractivity contribution is 0.0774. The molecule has 1 fully saturated rings. The largest absolute Gasteiger partial charge is 0.389 e. The van der Waals surface area contributed by atoms with Gasteiger partial charge in [0, 0.05) is 12.6 Å². The molecule has 1 aromatic rings. The second-order valence-electron chi connectivity index (χ2n) is 4.78. The second kappa shape index (κ2) is 6.00. The van der Waals surface area contributed by atoms with E-state index in [0.29, 0.717) is 18.8 Å². The molecule has 0 saturated carbocycles. The Morgan fingerprint density at radius 2 is 2.26 bits per heavy atom. The highest BCUT2D eigenvalue weighted by Gasteiger charge is 2.22. The van der Waals surface area contributed by atoms with Crippen molar-refractivity contribution in [3.05, 3.63) is 29.8 Å². The molecule has 0 radical (unpaired) electrons. The first-order chi connectivity index (χ1) is 8.99. The lowest BCUT2D eigenvalue weighted by Crippen LogP contribution is -2.40. The highest BCUT2D eigenvalue weighted by molar-refractivity contribution is 7.89. The molecule has 6 heteroatoms. The van der Waals surface area contributed by atoms with Crippen molar-refractivity contribution in [3.8, 4) is 0 Å². The highest BCUT2D eigenvalue weighted by Crippen LogP contribution is 2.18. The van der Waals surface area contributed by atoms with Gasteiger partial charge in [-0.15, -0.1) is 0 Å². The fraction of sp³-hybridized carbons (Fsp3) is 0.538. The summed E-state index contributed by atoms with van der Waals surface area (Å²) in [6.07, 6.45) is 0.962. The number of aliphatic hydroxyl groups is 1. The van der Waals surface area contributed by atoms with Crippen LogP contribution in [0.3, 0.4) is 0 Å². The minimum Gasteiger partial charge on any atom is -0.389 e. The van der Waals surface area contributed by atoms with Crippen LogP contribution in [0.5, 0.6) is 0 Å². The fourth-order valence-electron chi connectivity index (χ4n) is 2.06. The molecular formula is C13H19NO4S. The van der Waals surface area contributed by atoms with Crippen molar-refractivity contribution in [3.63, 3.8) is 0 Å². The van der Waals surface area contributed by atoms with E-state index in [1.807, 2.05) is 0 Å². The Balaban J connectivity index is 2.16. The van der Waals surface area contributed by atoms with Crippen LogP contribution in [0.25, 0.3) is 0 Å². The first-order valence-electron chi connectivity index (χ1n) is 6.37. The number of rotatable bonds is 4. The summed E-state index contributed by atoms with van der Waals surface area (Å²) in [6.45, 7) is 2.71. The summed E-state index contributed by atoms with van der Waals surface area (Å²) >= 11 is 0. The van der Waals surface area contributed by atoms with E-state index in [0.717, 1.165) is 12.8 Å². The Morgan fingerprint density at radius 1 is 1.47 bits per heavy atom. The van der Waals surface area contributed by atoms with Gasteiger partial charge in [0.15, 0.2) is 0 Å². The molecule has 0 aliphatic carbocycles. The first kappa shape index (κ1) is 14.5. The van der Waals surface area contributed by atoms with E-state index in [-0.39, 0.29) is 10.9 Å². The predicted octanol–water partition coefficient (Wildman–Crippen LogP) is 1.20. The van der Waals surface area contributed by atoms with Gasteiger partial charge in [0.2, 0.25) is 10.0 Å². The molecule has 2 N–H and O–H groups in total. The average Bonchev–Trinajstić information content (AvgIpc) is 2.39. The van der Waals surface area contributed by atoms with Crippen LogP contribution in [0.15, 0.2) is 29.2 Å². The lowest BCUT2D eigenvalue weighted by atomic mass is 10.1. The van der Waals surface area contributed by atoms with Gasteiger partial charge < -0.3 is 9.84 Å². The molecule has 2 unspecified atom stereocenters. The standard InChI is InChI=1S/C13H19NO4S/c1-10(15)11-4-2-6-13(8-11)19(16,17)14-12-5-3-7-18-9-12/h2,4,6,8,10,12,14-15H,3,5,7,9H2,1H3. The molecule has 1 aliphatic rings. The average molecular weight is 285 g/mol. The molecule has 5 nitrogen and oxygen atoms in total. The van der Waals surface area contributed by atoms with E-state index in [2.05, 4.69) is 4.72 Å². The van der Waals surface area contributed by atoms with Crippen molar-refractivity contribution in [1.82, 2.24) is 4.72 Å². The Bertz CT molecular complexity index is 521. The number of hydrogen-bond acceptors (Lipinski definition) is 4. The Hall–Kier alpha value is -0.950. The molecule has 0 amide bonds. The van der Waals surface area contributed by atoms with Gasteiger partial charge in [0.1, 0.15) is 0 Å². The lowest BCUT2D eigenvalue weighted by Gasteiger charge is -2.23. The minimum absolute atomic E-state index is 0.172. The SMILES string of the molecule is CC(O)c1cccc(S(=O)(=O)NC2CCCOC2)c1. The maximum absolute atomic E-state index is 12.2. The van der Waals surface area contributed by atoms with E-state index < -0.39 is 16.1 Å². The molecule has 106 valence electrons. The van der Waals surface area contributed by atoms with Crippen molar-refractivity contribution in [2.45, 2.75) is 36.8 Å². The fourth-order valence-corrected chi connectivity index (χ4v) is 3.37. The summed E-state index contributed by atoms with van der Waals surface area (Å²) in [5.74, 6) is 0. The van der Waals surface area contributed by atoms with E-state index >= 15 is 0 Å². The molecule has 0 aromatic heterocycles. The number of sulfonamides is 1. The Morgan fingerprint density at radius 3 is 2.89 bits per heavy atom. The molecule has 0 bridgehead atoms. The van der Waals surface area contributed by atoms with Gasteiger partial charge in [-0.1, -0.05) is 12.1 Å². The van der Waals surface area contributed by atoms with E-state index in [4.69, 9.17) is 4.74 Å². The molecule has 2 rings (SSSR count). The maximum Gasteiger partial charge on any atom is 0.240 e. The zero-order valence-corrected chi connectivity index (χ0v) is 11.7. The van der Waals surface area contributed by atoms with Crippen LogP contribution in [0.4, 0.5) is 0 Å². The van der Waals surface area contributed by atoms with Gasteiger partial charge in [0.25, 0.3) is 0 Å². The summed E-state index contributed by atoms with van der Waals surface area (Å²) in [5, 5.41) is 9.50. The van der Waals surface area contributed by atoms with Gasteiger partial charge in [-0.3, -0.25) is 0 Å². The van der Waals surface area contributed by atoms with Crippen molar-refractivity contribution >= 4 is 10.0 Å². The maximum atomic E-state index is 12.2. The molecule has 19 heavy (non-hydrogen) atoms. The van der Waals surface area contributed by atoms with Gasteiger partial charge in [-0.2, -0.15) is 0 Å². The summed E-state index contributed by atoms with van der Waals surface area (Å²) < 4.78 is 32.4. The van der Waals surface area contributed by atoms with Gasteiger partial charge in [0.05, 0.1) is 17.6 Å². The number of hydrogen-bond donors (Lipinski definition) is 2. The molecule has 0 spiro atoms. The monoisotopic (exact) mass is 285 g/mol. The third-order valence-corrected chi connectivity index (χ3v) is 4.65. The van der Waals surface area contributed by atoms with Crippen molar-refractivity contribution in [2.24, 2.45) is 0 Å². The van der Waals surface area contributed by atoms with Crippen LogP contribution < -0.4 is 4.72 Å². The first-order valence-corrected chi connectivity index (χ1v) is 7.85. The summed E-state index contributed by atoms with van der Waals surface area (Å²) in [6, 6.07) is 6.18. The second-order valence-corrected chi connectivity index (χ2v) is 6.50. The third-order valence-electron chi connectivity index (χ3n) is 3.13. The normalized spacial score (nSPS) is 22.1. The topological polar surface area (TPSA) is 75.6 Å². The Kier molecular flexibility index (Phi) is 4.57. The van der Waals surface area contributed by atoms with Crippen LogP contribution >= 0.6 is 0 Å². The quantitative estimate of drug-likeness (QED) is 0.871. The van der Waals surface area contributed by atoms with Crippen molar-refractivity contribution in [2.75, 3.05) is 13.2 Å². The van der Waals surface area contributed by atoms with Gasteiger partial charge >= 0.3 is 0 Å². The summed E-state index contributed by atoms with van der Waals surface area (Å²) in [5.41, 5.74) is 0.586. The third kappa shape index (κ3) is 3.76. The molecule has 2 atom stereocenters. The van der Waals surface area contributed by atoms with Crippen molar-refractivity contribution in [1.29, 1.82) is 0 Å². The molecule has 1 heterocycles. The number of benzene rings is 1. The molecule has 1 aliphatic heterocycles. The number of aliphatic hydroxyl groups excluding tert-OH is 1. The summed E-state index contributed by atoms with van der Waals surface area (Å²) in [4.78, 5) is 0.177. The van der Waals surface area contributed by atoms with Gasteiger partial charge in [-0.25, -0.2) is 13.1 Å². The van der Waals surface area contributed by atoms with Crippen LogP contribution in [-0.2, 0) is 14.8 Å². The zero-order chi connectivity index (χ0) is 13.9. The number of nitrogens with one attached hydrogen (secondary N) is 1. The molecule has 1 aromatic carbocycles. The van der Waals surface area contributed by atoms with Crippen molar-refractivity contribution < 1.29 is 18.3 Å². The van der Waals surface area contributed by atoms with Crippen LogP contribution in [0, 0.1) is 0 Å². The Labute approximate surface area is 113 Å². The molecular weight excluding hydrogens is 266 g/mol. The summed E-state index contributed by atoms with van der Waals surface area (Å²) in [7, 11) is -3.56.